The Hall–Kier alpha value is -1.29. The molecule has 1 aliphatic heterocycles. The van der Waals surface area contributed by atoms with Gasteiger partial charge in [-0.15, -0.1) is 0 Å². The highest BCUT2D eigenvalue weighted by Gasteiger charge is 2.13. The molecule has 1 aromatic rings. The highest BCUT2D eigenvalue weighted by Crippen LogP contribution is 2.17. The van der Waals surface area contributed by atoms with Crippen molar-refractivity contribution >= 4 is 11.5 Å². The Morgan fingerprint density at radius 3 is 2.81 bits per heavy atom. The van der Waals surface area contributed by atoms with Crippen LogP contribution in [0.1, 0.15) is 12.8 Å². The van der Waals surface area contributed by atoms with E-state index >= 15 is 0 Å². The van der Waals surface area contributed by atoms with E-state index in [1.54, 1.807) is 0 Å². The van der Waals surface area contributed by atoms with Crippen LogP contribution in [-0.4, -0.2) is 38.3 Å². The van der Waals surface area contributed by atoms with Gasteiger partial charge in [-0.05, 0) is 18.9 Å². The summed E-state index contributed by atoms with van der Waals surface area (Å²) < 4.78 is 5.33. The van der Waals surface area contributed by atoms with Crippen LogP contribution in [0.2, 0.25) is 0 Å². The Balaban J connectivity index is 2.00. The van der Waals surface area contributed by atoms with Gasteiger partial charge in [-0.1, -0.05) is 0 Å². The summed E-state index contributed by atoms with van der Waals surface area (Å²) >= 11 is 0. The Kier molecular flexibility index (Phi) is 3.62. The Bertz CT molecular complexity index is 335. The number of anilines is 2. The molecule has 0 unspecified atom stereocenters. The quantitative estimate of drug-likeness (QED) is 0.843. The second kappa shape index (κ2) is 5.16. The lowest BCUT2D eigenvalue weighted by Gasteiger charge is -2.24. The van der Waals surface area contributed by atoms with Gasteiger partial charge >= 0.3 is 0 Å². The maximum absolute atomic E-state index is 5.33. The number of hydrogen-bond donors (Lipinski definition) is 1. The van der Waals surface area contributed by atoms with E-state index in [0.717, 1.165) is 31.9 Å². The van der Waals surface area contributed by atoms with Crippen LogP contribution in [0.25, 0.3) is 0 Å². The van der Waals surface area contributed by atoms with Crippen molar-refractivity contribution in [3.05, 3.63) is 18.3 Å². The van der Waals surface area contributed by atoms with Gasteiger partial charge < -0.3 is 15.0 Å². The maximum Gasteiger partial charge on any atom is 0.128 e. The van der Waals surface area contributed by atoms with E-state index in [1.807, 2.05) is 26.4 Å². The van der Waals surface area contributed by atoms with Crippen LogP contribution in [0.5, 0.6) is 0 Å². The highest BCUT2D eigenvalue weighted by atomic mass is 16.5. The zero-order valence-electron chi connectivity index (χ0n) is 9.94. The molecule has 1 fully saturated rings. The molecule has 4 heteroatoms. The number of nitrogens with zero attached hydrogens (tertiary/aromatic N) is 2. The minimum atomic E-state index is 0.499. The Morgan fingerprint density at radius 2 is 2.12 bits per heavy atom. The monoisotopic (exact) mass is 221 g/mol. The predicted molar refractivity (Wildman–Crippen MR) is 66.0 cm³/mol. The average Bonchev–Trinajstić information content (AvgIpc) is 2.30. The van der Waals surface area contributed by atoms with E-state index in [4.69, 9.17) is 4.74 Å². The van der Waals surface area contributed by atoms with Crippen molar-refractivity contribution < 1.29 is 4.74 Å². The summed E-state index contributed by atoms with van der Waals surface area (Å²) in [6.45, 7) is 1.70. The molecule has 0 amide bonds. The minimum Gasteiger partial charge on any atom is -0.381 e. The normalized spacial score (nSPS) is 17.1. The van der Waals surface area contributed by atoms with Crippen LogP contribution in [0.3, 0.4) is 0 Å². The first kappa shape index (κ1) is 11.2. The van der Waals surface area contributed by atoms with Gasteiger partial charge in [0, 0.05) is 51.3 Å². The molecule has 0 spiro atoms. The second-order valence-electron chi connectivity index (χ2n) is 4.32. The lowest BCUT2D eigenvalue weighted by Crippen LogP contribution is -2.28. The fourth-order valence-electron chi connectivity index (χ4n) is 1.83. The van der Waals surface area contributed by atoms with Gasteiger partial charge in [0.05, 0.1) is 0 Å². The Morgan fingerprint density at radius 1 is 1.38 bits per heavy atom. The van der Waals surface area contributed by atoms with Crippen LogP contribution in [0.4, 0.5) is 11.5 Å². The first-order chi connectivity index (χ1) is 7.75. The van der Waals surface area contributed by atoms with Crippen molar-refractivity contribution in [2.75, 3.05) is 37.5 Å². The summed E-state index contributed by atoms with van der Waals surface area (Å²) in [5.41, 5.74) is 1.17. The molecule has 1 N–H and O–H groups in total. The SMILES string of the molecule is CN(C)c1ccnc(NC2CCOCC2)c1. The molecular weight excluding hydrogens is 202 g/mol. The van der Waals surface area contributed by atoms with Gasteiger partial charge in [0.25, 0.3) is 0 Å². The summed E-state index contributed by atoms with van der Waals surface area (Å²) in [6, 6.07) is 4.59. The molecular formula is C12H19N3O. The number of aromatic nitrogens is 1. The molecule has 0 aliphatic carbocycles. The van der Waals surface area contributed by atoms with Crippen LogP contribution >= 0.6 is 0 Å². The molecule has 0 radical (unpaired) electrons. The number of pyridine rings is 1. The second-order valence-corrected chi connectivity index (χ2v) is 4.32. The first-order valence-corrected chi connectivity index (χ1v) is 5.73. The van der Waals surface area contributed by atoms with Crippen molar-refractivity contribution in [2.45, 2.75) is 18.9 Å². The van der Waals surface area contributed by atoms with Crippen LogP contribution in [0, 0.1) is 0 Å². The fourth-order valence-corrected chi connectivity index (χ4v) is 1.83. The van der Waals surface area contributed by atoms with Gasteiger partial charge in [-0.3, -0.25) is 0 Å². The van der Waals surface area contributed by atoms with Crippen LogP contribution < -0.4 is 10.2 Å². The molecule has 1 aliphatic rings. The zero-order valence-corrected chi connectivity index (χ0v) is 9.94. The molecule has 1 saturated heterocycles. The third-order valence-electron chi connectivity index (χ3n) is 2.83. The average molecular weight is 221 g/mol. The topological polar surface area (TPSA) is 37.4 Å². The molecule has 0 bridgehead atoms. The number of rotatable bonds is 3. The lowest BCUT2D eigenvalue weighted by molar-refractivity contribution is 0.0904. The van der Waals surface area contributed by atoms with Gasteiger partial charge in [0.2, 0.25) is 0 Å². The van der Waals surface area contributed by atoms with E-state index in [1.165, 1.54) is 5.69 Å². The largest absolute Gasteiger partial charge is 0.381 e. The van der Waals surface area contributed by atoms with E-state index in [2.05, 4.69) is 21.3 Å². The summed E-state index contributed by atoms with van der Waals surface area (Å²) in [6.07, 6.45) is 3.97. The first-order valence-electron chi connectivity index (χ1n) is 5.73. The number of ether oxygens (including phenoxy) is 1. The smallest absolute Gasteiger partial charge is 0.128 e. The fraction of sp³-hybridized carbons (Fsp3) is 0.583. The molecule has 88 valence electrons. The van der Waals surface area contributed by atoms with Gasteiger partial charge in [-0.25, -0.2) is 4.98 Å². The van der Waals surface area contributed by atoms with Gasteiger partial charge in [0.15, 0.2) is 0 Å². The summed E-state index contributed by atoms with van der Waals surface area (Å²) in [7, 11) is 4.07. The van der Waals surface area contributed by atoms with E-state index in [9.17, 15) is 0 Å². The molecule has 4 nitrogen and oxygen atoms in total. The predicted octanol–water partition coefficient (Wildman–Crippen LogP) is 1.74. The molecule has 2 rings (SSSR count). The molecule has 0 aromatic carbocycles. The third-order valence-corrected chi connectivity index (χ3v) is 2.83. The van der Waals surface area contributed by atoms with Gasteiger partial charge in [-0.2, -0.15) is 0 Å². The van der Waals surface area contributed by atoms with Crippen molar-refractivity contribution in [3.8, 4) is 0 Å². The minimum absolute atomic E-state index is 0.499. The molecule has 0 saturated carbocycles. The molecule has 1 aromatic heterocycles. The summed E-state index contributed by atoms with van der Waals surface area (Å²) in [5, 5.41) is 3.46. The van der Waals surface area contributed by atoms with E-state index in [-0.39, 0.29) is 0 Å². The molecule has 16 heavy (non-hydrogen) atoms. The van der Waals surface area contributed by atoms with Crippen molar-refractivity contribution in [1.29, 1.82) is 0 Å². The lowest BCUT2D eigenvalue weighted by atomic mass is 10.1. The summed E-state index contributed by atoms with van der Waals surface area (Å²) in [5.74, 6) is 0.957. The van der Waals surface area contributed by atoms with Crippen molar-refractivity contribution in [2.24, 2.45) is 0 Å². The molecule has 2 heterocycles. The van der Waals surface area contributed by atoms with Crippen LogP contribution in [0.15, 0.2) is 18.3 Å². The zero-order chi connectivity index (χ0) is 11.4. The number of nitrogens with one attached hydrogen (secondary N) is 1. The third kappa shape index (κ3) is 2.85. The van der Waals surface area contributed by atoms with Crippen LogP contribution in [-0.2, 0) is 4.74 Å². The standard InChI is InChI=1S/C12H19N3O/c1-15(2)11-3-6-13-12(9-11)14-10-4-7-16-8-5-10/h3,6,9-10H,4-5,7-8H2,1-2H3,(H,13,14). The maximum atomic E-state index is 5.33. The highest BCUT2D eigenvalue weighted by molar-refractivity contribution is 5.53. The van der Waals surface area contributed by atoms with E-state index < -0.39 is 0 Å². The molecule has 0 atom stereocenters. The number of hydrogen-bond acceptors (Lipinski definition) is 4. The summed E-state index contributed by atoms with van der Waals surface area (Å²) in [4.78, 5) is 6.42. The Labute approximate surface area is 96.6 Å². The van der Waals surface area contributed by atoms with E-state index in [0.29, 0.717) is 6.04 Å². The van der Waals surface area contributed by atoms with Crippen molar-refractivity contribution in [1.82, 2.24) is 4.98 Å². The van der Waals surface area contributed by atoms with Gasteiger partial charge in [0.1, 0.15) is 5.82 Å². The van der Waals surface area contributed by atoms with Crippen molar-refractivity contribution in [3.63, 3.8) is 0 Å².